The molecule has 1 amide bonds. The number of likely N-dealkylation sites (tertiary alicyclic amines) is 1. The van der Waals surface area contributed by atoms with Crippen LogP contribution in [0.15, 0.2) is 65.5 Å². The molecule has 1 aromatic heterocycles. The Labute approximate surface area is 187 Å². The zero-order chi connectivity index (χ0) is 22.3. The highest BCUT2D eigenvalue weighted by Crippen LogP contribution is 2.16. The van der Waals surface area contributed by atoms with Crippen molar-refractivity contribution in [3.8, 4) is 17.3 Å². The van der Waals surface area contributed by atoms with Gasteiger partial charge in [-0.1, -0.05) is 25.0 Å². The molecular formula is C25H27N3O4. The number of carbonyl (C=O) groups excluding carboxylic acids is 1. The molecule has 0 aliphatic carbocycles. The van der Waals surface area contributed by atoms with E-state index in [0.717, 1.165) is 37.2 Å². The van der Waals surface area contributed by atoms with E-state index in [2.05, 4.69) is 5.10 Å². The molecule has 0 saturated carbocycles. The van der Waals surface area contributed by atoms with Gasteiger partial charge < -0.3 is 14.4 Å². The van der Waals surface area contributed by atoms with Crippen LogP contribution in [0.5, 0.6) is 11.6 Å². The summed E-state index contributed by atoms with van der Waals surface area (Å²) in [6, 6.07) is 17.5. The van der Waals surface area contributed by atoms with Crippen LogP contribution in [0.1, 0.15) is 41.6 Å². The van der Waals surface area contributed by atoms with E-state index in [1.165, 1.54) is 23.6 Å². The van der Waals surface area contributed by atoms with E-state index in [4.69, 9.17) is 9.47 Å². The molecule has 1 saturated heterocycles. The standard InChI is InChI=1S/C25H27N3O4/c1-31-22-12-6-19(7-13-22)18-32-23-14-15-24(29)28(26-23)21-10-8-20(9-11-21)25(30)27-16-4-2-3-5-17-27/h6-15H,2-5,16-18H2,1H3. The van der Waals surface area contributed by atoms with Crippen molar-refractivity contribution in [2.75, 3.05) is 20.2 Å². The molecule has 7 heteroatoms. The van der Waals surface area contributed by atoms with E-state index >= 15 is 0 Å². The number of amides is 1. The lowest BCUT2D eigenvalue weighted by atomic mass is 10.1. The van der Waals surface area contributed by atoms with Crippen LogP contribution in [0.25, 0.3) is 5.69 Å². The molecule has 4 rings (SSSR count). The molecule has 2 heterocycles. The third-order valence-electron chi connectivity index (χ3n) is 5.57. The number of carbonyl (C=O) groups is 1. The lowest BCUT2D eigenvalue weighted by Gasteiger charge is -2.20. The van der Waals surface area contributed by atoms with E-state index in [1.807, 2.05) is 29.2 Å². The molecule has 0 bridgehead atoms. The van der Waals surface area contributed by atoms with Gasteiger partial charge in [0.05, 0.1) is 12.8 Å². The van der Waals surface area contributed by atoms with Crippen LogP contribution in [-0.2, 0) is 6.61 Å². The van der Waals surface area contributed by atoms with Gasteiger partial charge in [0.25, 0.3) is 11.5 Å². The van der Waals surface area contributed by atoms with Crippen molar-refractivity contribution in [1.82, 2.24) is 14.7 Å². The molecule has 166 valence electrons. The first-order valence-electron chi connectivity index (χ1n) is 10.9. The number of nitrogens with zero attached hydrogens (tertiary/aromatic N) is 3. The summed E-state index contributed by atoms with van der Waals surface area (Å²) in [6.07, 6.45) is 4.45. The van der Waals surface area contributed by atoms with Gasteiger partial charge >= 0.3 is 0 Å². The van der Waals surface area contributed by atoms with Gasteiger partial charge in [-0.25, -0.2) is 0 Å². The van der Waals surface area contributed by atoms with Gasteiger partial charge in [0, 0.05) is 30.8 Å². The summed E-state index contributed by atoms with van der Waals surface area (Å²) >= 11 is 0. The van der Waals surface area contributed by atoms with Gasteiger partial charge in [0.1, 0.15) is 12.4 Å². The predicted octanol–water partition coefficient (Wildman–Crippen LogP) is 3.84. The summed E-state index contributed by atoms with van der Waals surface area (Å²) in [7, 11) is 1.62. The second kappa shape index (κ2) is 10.1. The predicted molar refractivity (Wildman–Crippen MR) is 122 cm³/mol. The molecule has 3 aromatic rings. The molecular weight excluding hydrogens is 406 g/mol. The van der Waals surface area contributed by atoms with E-state index < -0.39 is 0 Å². The van der Waals surface area contributed by atoms with Crippen molar-refractivity contribution in [1.29, 1.82) is 0 Å². The van der Waals surface area contributed by atoms with Crippen LogP contribution in [-0.4, -0.2) is 40.8 Å². The number of aromatic nitrogens is 2. The monoisotopic (exact) mass is 433 g/mol. The molecule has 1 fully saturated rings. The highest BCUT2D eigenvalue weighted by atomic mass is 16.5. The van der Waals surface area contributed by atoms with Crippen molar-refractivity contribution in [3.63, 3.8) is 0 Å². The molecule has 2 aromatic carbocycles. The van der Waals surface area contributed by atoms with E-state index in [-0.39, 0.29) is 11.5 Å². The molecule has 7 nitrogen and oxygen atoms in total. The third-order valence-corrected chi connectivity index (χ3v) is 5.57. The Kier molecular flexibility index (Phi) is 6.84. The molecule has 1 aliphatic heterocycles. The first kappa shape index (κ1) is 21.6. The van der Waals surface area contributed by atoms with Gasteiger partial charge in [-0.05, 0) is 54.8 Å². The van der Waals surface area contributed by atoms with Crippen molar-refractivity contribution in [3.05, 3.63) is 82.1 Å². The Bertz CT molecular complexity index is 1100. The highest BCUT2D eigenvalue weighted by molar-refractivity contribution is 5.94. The summed E-state index contributed by atoms with van der Waals surface area (Å²) in [6.45, 7) is 1.92. The van der Waals surface area contributed by atoms with Crippen LogP contribution in [0.3, 0.4) is 0 Å². The molecule has 1 aliphatic rings. The summed E-state index contributed by atoms with van der Waals surface area (Å²) in [5.41, 5.74) is 1.89. The first-order valence-corrected chi connectivity index (χ1v) is 10.9. The molecule has 0 atom stereocenters. The van der Waals surface area contributed by atoms with E-state index in [0.29, 0.717) is 23.7 Å². The SMILES string of the molecule is COc1ccc(COc2ccc(=O)n(-c3ccc(C(=O)N4CCCCCC4)cc3)n2)cc1. The zero-order valence-corrected chi connectivity index (χ0v) is 18.2. The Balaban J connectivity index is 1.46. The topological polar surface area (TPSA) is 73.7 Å². The second-order valence-electron chi connectivity index (χ2n) is 7.81. The van der Waals surface area contributed by atoms with Crippen molar-refractivity contribution < 1.29 is 14.3 Å². The van der Waals surface area contributed by atoms with Crippen LogP contribution >= 0.6 is 0 Å². The Morgan fingerprint density at radius 1 is 0.906 bits per heavy atom. The zero-order valence-electron chi connectivity index (χ0n) is 18.2. The number of hydrogen-bond acceptors (Lipinski definition) is 5. The normalized spacial score (nSPS) is 14.0. The first-order chi connectivity index (χ1) is 15.6. The Morgan fingerprint density at radius 2 is 1.59 bits per heavy atom. The number of benzene rings is 2. The van der Waals surface area contributed by atoms with Gasteiger partial charge in [0.2, 0.25) is 5.88 Å². The van der Waals surface area contributed by atoms with E-state index in [9.17, 15) is 9.59 Å². The molecule has 0 radical (unpaired) electrons. The Hall–Kier alpha value is -3.61. The van der Waals surface area contributed by atoms with Crippen molar-refractivity contribution in [2.45, 2.75) is 32.3 Å². The number of ether oxygens (including phenoxy) is 2. The minimum Gasteiger partial charge on any atom is -0.497 e. The number of methoxy groups -OCH3 is 1. The van der Waals surface area contributed by atoms with Crippen molar-refractivity contribution >= 4 is 5.91 Å². The molecule has 0 spiro atoms. The maximum atomic E-state index is 12.8. The van der Waals surface area contributed by atoms with Crippen molar-refractivity contribution in [2.24, 2.45) is 0 Å². The minimum atomic E-state index is -0.270. The van der Waals surface area contributed by atoms with E-state index in [1.54, 1.807) is 37.4 Å². The van der Waals surface area contributed by atoms with Gasteiger partial charge in [-0.15, -0.1) is 5.10 Å². The average molecular weight is 434 g/mol. The lowest BCUT2D eigenvalue weighted by Crippen LogP contribution is -2.31. The van der Waals surface area contributed by atoms with Crippen LogP contribution in [0.2, 0.25) is 0 Å². The molecule has 0 N–H and O–H groups in total. The maximum Gasteiger partial charge on any atom is 0.271 e. The molecule has 0 unspecified atom stereocenters. The van der Waals surface area contributed by atoms with Gasteiger partial charge in [0.15, 0.2) is 0 Å². The smallest absolute Gasteiger partial charge is 0.271 e. The Morgan fingerprint density at radius 3 is 2.25 bits per heavy atom. The van der Waals surface area contributed by atoms with Gasteiger partial charge in [-0.2, -0.15) is 4.68 Å². The molecule has 32 heavy (non-hydrogen) atoms. The minimum absolute atomic E-state index is 0.0373. The fourth-order valence-electron chi connectivity index (χ4n) is 3.74. The lowest BCUT2D eigenvalue weighted by molar-refractivity contribution is 0.0761. The van der Waals surface area contributed by atoms with Crippen LogP contribution in [0.4, 0.5) is 0 Å². The summed E-state index contributed by atoms with van der Waals surface area (Å²) < 4.78 is 12.2. The largest absolute Gasteiger partial charge is 0.497 e. The average Bonchev–Trinajstić information content (AvgIpc) is 3.13. The van der Waals surface area contributed by atoms with Gasteiger partial charge in [-0.3, -0.25) is 9.59 Å². The maximum absolute atomic E-state index is 12.8. The third kappa shape index (κ3) is 5.17. The fourth-order valence-corrected chi connectivity index (χ4v) is 3.74. The quantitative estimate of drug-likeness (QED) is 0.591. The number of rotatable bonds is 6. The highest BCUT2D eigenvalue weighted by Gasteiger charge is 2.17. The van der Waals surface area contributed by atoms with Crippen LogP contribution in [0, 0.1) is 0 Å². The summed E-state index contributed by atoms with van der Waals surface area (Å²) in [5.74, 6) is 1.15. The second-order valence-corrected chi connectivity index (χ2v) is 7.81. The fraction of sp³-hybridized carbons (Fsp3) is 0.320. The summed E-state index contributed by atoms with van der Waals surface area (Å²) in [4.78, 5) is 27.1. The van der Waals surface area contributed by atoms with Crippen LogP contribution < -0.4 is 15.0 Å². The summed E-state index contributed by atoms with van der Waals surface area (Å²) in [5, 5.41) is 4.33. The number of hydrogen-bond donors (Lipinski definition) is 0.